The normalized spacial score (nSPS) is 10.3. The molecule has 0 saturated carbocycles. The fourth-order valence-corrected chi connectivity index (χ4v) is 1.42. The lowest BCUT2D eigenvalue weighted by molar-refractivity contribution is 0.0701. The van der Waals surface area contributed by atoms with Gasteiger partial charge in [-0.3, -0.25) is 10.0 Å². The number of carbonyl (C=O) groups is 1. The molecule has 0 spiro atoms. The maximum atomic E-state index is 11.1. The number of hydrogen-bond acceptors (Lipinski definition) is 3. The van der Waals surface area contributed by atoms with Crippen LogP contribution in [-0.4, -0.2) is 23.2 Å². The lowest BCUT2D eigenvalue weighted by atomic mass is 10.2. The number of aromatic nitrogens is 1. The van der Waals surface area contributed by atoms with E-state index in [2.05, 4.69) is 4.98 Å². The van der Waals surface area contributed by atoms with Crippen molar-refractivity contribution in [2.75, 3.05) is 7.11 Å². The average Bonchev–Trinajstić information content (AvgIpc) is 2.70. The summed E-state index contributed by atoms with van der Waals surface area (Å²) in [7, 11) is 1.58. The van der Waals surface area contributed by atoms with Gasteiger partial charge in [0.25, 0.3) is 5.91 Å². The van der Waals surface area contributed by atoms with E-state index in [1.807, 2.05) is 6.07 Å². The Hall–Kier alpha value is -2.01. The Morgan fingerprint density at radius 2 is 2.27 bits per heavy atom. The zero-order valence-corrected chi connectivity index (χ0v) is 8.07. The Kier molecular flexibility index (Phi) is 2.31. The third kappa shape index (κ3) is 1.64. The quantitative estimate of drug-likeness (QED) is 0.512. The van der Waals surface area contributed by atoms with Crippen LogP contribution in [0.5, 0.6) is 5.75 Å². The van der Waals surface area contributed by atoms with Gasteiger partial charge in [-0.05, 0) is 24.3 Å². The van der Waals surface area contributed by atoms with Crippen LogP contribution in [0.1, 0.15) is 10.5 Å². The van der Waals surface area contributed by atoms with Gasteiger partial charge < -0.3 is 9.72 Å². The maximum absolute atomic E-state index is 11.1. The van der Waals surface area contributed by atoms with Gasteiger partial charge in [0.1, 0.15) is 11.4 Å². The molecule has 15 heavy (non-hydrogen) atoms. The van der Waals surface area contributed by atoms with Gasteiger partial charge in [-0.1, -0.05) is 0 Å². The van der Waals surface area contributed by atoms with Crippen molar-refractivity contribution in [2.45, 2.75) is 0 Å². The number of hydrogen-bond donors (Lipinski definition) is 3. The second-order valence-corrected chi connectivity index (χ2v) is 3.08. The monoisotopic (exact) mass is 206 g/mol. The van der Waals surface area contributed by atoms with Crippen LogP contribution in [0, 0.1) is 0 Å². The predicted octanol–water partition coefficient (Wildman–Crippen LogP) is 1.30. The van der Waals surface area contributed by atoms with E-state index < -0.39 is 5.91 Å². The Morgan fingerprint density at radius 3 is 2.93 bits per heavy atom. The lowest BCUT2D eigenvalue weighted by Crippen LogP contribution is -2.18. The van der Waals surface area contributed by atoms with E-state index in [1.54, 1.807) is 30.8 Å². The van der Waals surface area contributed by atoms with Crippen molar-refractivity contribution >= 4 is 16.8 Å². The van der Waals surface area contributed by atoms with Gasteiger partial charge in [0.15, 0.2) is 0 Å². The molecular weight excluding hydrogens is 196 g/mol. The van der Waals surface area contributed by atoms with Crippen molar-refractivity contribution in [3.63, 3.8) is 0 Å². The molecule has 1 aromatic carbocycles. The average molecular weight is 206 g/mol. The molecule has 5 nitrogen and oxygen atoms in total. The van der Waals surface area contributed by atoms with Gasteiger partial charge >= 0.3 is 0 Å². The summed E-state index contributed by atoms with van der Waals surface area (Å²) >= 11 is 0. The highest BCUT2D eigenvalue weighted by Gasteiger charge is 2.08. The summed E-state index contributed by atoms with van der Waals surface area (Å²) in [5.74, 6) is 0.155. The van der Waals surface area contributed by atoms with Gasteiger partial charge in [-0.2, -0.15) is 0 Å². The summed E-state index contributed by atoms with van der Waals surface area (Å²) in [6.45, 7) is 0. The Morgan fingerprint density at radius 1 is 1.47 bits per heavy atom. The highest BCUT2D eigenvalue weighted by atomic mass is 16.5. The number of amides is 1. The van der Waals surface area contributed by atoms with Crippen molar-refractivity contribution in [1.29, 1.82) is 0 Å². The van der Waals surface area contributed by atoms with Crippen LogP contribution >= 0.6 is 0 Å². The number of H-pyrrole nitrogens is 1. The molecule has 78 valence electrons. The number of benzene rings is 1. The summed E-state index contributed by atoms with van der Waals surface area (Å²) in [6, 6.07) is 7.05. The minimum atomic E-state index is -0.565. The van der Waals surface area contributed by atoms with Crippen LogP contribution in [0.15, 0.2) is 24.3 Å². The van der Waals surface area contributed by atoms with E-state index in [0.29, 0.717) is 5.69 Å². The number of rotatable bonds is 2. The molecule has 0 saturated heterocycles. The predicted molar refractivity (Wildman–Crippen MR) is 54.1 cm³/mol. The molecular formula is C10H10N2O3. The standard InChI is InChI=1S/C10H10N2O3/c1-15-7-2-3-8-6(4-7)5-9(11-8)10(13)12-14/h2-5,11,14H,1H3,(H,12,13). The molecule has 1 aromatic heterocycles. The van der Waals surface area contributed by atoms with Crippen molar-refractivity contribution in [3.8, 4) is 5.75 Å². The summed E-state index contributed by atoms with van der Waals surface area (Å²) in [4.78, 5) is 14.0. The fraction of sp³-hybridized carbons (Fsp3) is 0.100. The molecule has 0 atom stereocenters. The van der Waals surface area contributed by atoms with E-state index in [4.69, 9.17) is 9.94 Å². The molecule has 3 N–H and O–H groups in total. The minimum Gasteiger partial charge on any atom is -0.497 e. The van der Waals surface area contributed by atoms with E-state index in [-0.39, 0.29) is 0 Å². The molecule has 2 rings (SSSR count). The third-order valence-electron chi connectivity index (χ3n) is 2.17. The number of carbonyl (C=O) groups excluding carboxylic acids is 1. The summed E-state index contributed by atoms with van der Waals surface area (Å²) in [5.41, 5.74) is 2.69. The van der Waals surface area contributed by atoms with Crippen LogP contribution in [-0.2, 0) is 0 Å². The Balaban J connectivity index is 2.51. The van der Waals surface area contributed by atoms with Crippen LogP contribution in [0.3, 0.4) is 0 Å². The highest BCUT2D eigenvalue weighted by molar-refractivity contribution is 5.97. The summed E-state index contributed by atoms with van der Waals surface area (Å²) < 4.78 is 5.05. The highest BCUT2D eigenvalue weighted by Crippen LogP contribution is 2.21. The second kappa shape index (κ2) is 3.62. The van der Waals surface area contributed by atoms with Gasteiger partial charge in [0, 0.05) is 10.9 Å². The first kappa shape index (κ1) is 9.54. The molecule has 2 aromatic rings. The summed E-state index contributed by atoms with van der Waals surface area (Å²) in [6.07, 6.45) is 0. The van der Waals surface area contributed by atoms with E-state index in [1.165, 1.54) is 0 Å². The van der Waals surface area contributed by atoms with E-state index in [0.717, 1.165) is 16.7 Å². The van der Waals surface area contributed by atoms with Crippen molar-refractivity contribution in [3.05, 3.63) is 30.0 Å². The second-order valence-electron chi connectivity index (χ2n) is 3.08. The smallest absolute Gasteiger partial charge is 0.291 e. The van der Waals surface area contributed by atoms with Gasteiger partial charge in [-0.15, -0.1) is 0 Å². The molecule has 0 aliphatic rings. The molecule has 1 heterocycles. The number of hydroxylamine groups is 1. The Bertz CT molecular complexity index is 504. The molecule has 0 aliphatic carbocycles. The number of nitrogens with one attached hydrogen (secondary N) is 2. The zero-order valence-electron chi connectivity index (χ0n) is 8.07. The van der Waals surface area contributed by atoms with Crippen LogP contribution < -0.4 is 10.2 Å². The number of methoxy groups -OCH3 is 1. The molecule has 0 radical (unpaired) electrons. The van der Waals surface area contributed by atoms with Crippen LogP contribution in [0.4, 0.5) is 0 Å². The number of aromatic amines is 1. The van der Waals surface area contributed by atoms with Crippen molar-refractivity contribution in [2.24, 2.45) is 0 Å². The van der Waals surface area contributed by atoms with E-state index >= 15 is 0 Å². The number of ether oxygens (including phenoxy) is 1. The maximum Gasteiger partial charge on any atom is 0.291 e. The SMILES string of the molecule is COc1ccc2[nH]c(C(=O)NO)cc2c1. The molecule has 5 heteroatoms. The van der Waals surface area contributed by atoms with Gasteiger partial charge in [0.2, 0.25) is 0 Å². The molecule has 0 unspecified atom stereocenters. The Labute approximate surface area is 85.6 Å². The first-order valence-corrected chi connectivity index (χ1v) is 4.36. The topological polar surface area (TPSA) is 74.4 Å². The fourth-order valence-electron chi connectivity index (χ4n) is 1.42. The lowest BCUT2D eigenvalue weighted by Gasteiger charge is -1.97. The largest absolute Gasteiger partial charge is 0.497 e. The molecule has 1 amide bonds. The van der Waals surface area contributed by atoms with Crippen LogP contribution in [0.25, 0.3) is 10.9 Å². The first-order chi connectivity index (χ1) is 7.24. The van der Waals surface area contributed by atoms with Gasteiger partial charge in [0.05, 0.1) is 7.11 Å². The van der Waals surface area contributed by atoms with E-state index in [9.17, 15) is 4.79 Å². The summed E-state index contributed by atoms with van der Waals surface area (Å²) in [5, 5.41) is 9.32. The molecule has 0 bridgehead atoms. The van der Waals surface area contributed by atoms with Crippen molar-refractivity contribution < 1.29 is 14.7 Å². The minimum absolute atomic E-state index is 0.306. The molecule has 0 fully saturated rings. The number of fused-ring (bicyclic) bond motifs is 1. The van der Waals surface area contributed by atoms with Crippen molar-refractivity contribution in [1.82, 2.24) is 10.5 Å². The van der Waals surface area contributed by atoms with Gasteiger partial charge in [-0.25, -0.2) is 5.48 Å². The molecule has 0 aliphatic heterocycles. The zero-order chi connectivity index (χ0) is 10.8. The van der Waals surface area contributed by atoms with Crippen LogP contribution in [0.2, 0.25) is 0 Å². The first-order valence-electron chi connectivity index (χ1n) is 4.36. The third-order valence-corrected chi connectivity index (χ3v) is 2.17.